The summed E-state index contributed by atoms with van der Waals surface area (Å²) in [6, 6.07) is 16.9. The predicted octanol–water partition coefficient (Wildman–Crippen LogP) is 3.02. The maximum atomic E-state index is 12.6. The van der Waals surface area contributed by atoms with Crippen molar-refractivity contribution >= 4 is 23.2 Å². The van der Waals surface area contributed by atoms with Crippen molar-refractivity contribution < 1.29 is 14.9 Å². The Kier molecular flexibility index (Phi) is 6.60. The number of para-hydroxylation sites is 2. The van der Waals surface area contributed by atoms with Crippen molar-refractivity contribution in [3.05, 3.63) is 60.2 Å². The van der Waals surface area contributed by atoms with Crippen LogP contribution in [-0.2, 0) is 4.79 Å². The fourth-order valence-electron chi connectivity index (χ4n) is 3.66. The standard InChI is InChI=1S/C22H27N3O2/c1-16-9-5-7-13-19(16)23-15-21(26)25-20-14-8-6-12-18(20)22(27)24-17-10-3-2-4-11-17/h2-4,6,8,10-12,14,16,19,23H,5,7,9,13,15H2,1H3,(H,24,27)(H,25,26)/p+1/t16-,19+/m0/s1. The molecule has 0 heterocycles. The molecule has 0 aliphatic heterocycles. The van der Waals surface area contributed by atoms with Gasteiger partial charge >= 0.3 is 0 Å². The molecule has 1 fully saturated rings. The lowest BCUT2D eigenvalue weighted by molar-refractivity contribution is -0.687. The molecule has 2 aromatic carbocycles. The van der Waals surface area contributed by atoms with Gasteiger partial charge in [0.15, 0.2) is 6.54 Å². The lowest BCUT2D eigenvalue weighted by Crippen LogP contribution is -2.93. The molecular formula is C22H28N3O2+. The van der Waals surface area contributed by atoms with E-state index in [-0.39, 0.29) is 11.8 Å². The lowest BCUT2D eigenvalue weighted by Gasteiger charge is -2.26. The van der Waals surface area contributed by atoms with Crippen LogP contribution in [0.2, 0.25) is 0 Å². The first kappa shape index (κ1) is 19.1. The molecular weight excluding hydrogens is 338 g/mol. The van der Waals surface area contributed by atoms with Gasteiger partial charge in [-0.2, -0.15) is 0 Å². The Labute approximate surface area is 160 Å². The van der Waals surface area contributed by atoms with E-state index in [0.717, 1.165) is 5.69 Å². The molecule has 0 unspecified atom stereocenters. The van der Waals surface area contributed by atoms with Crippen molar-refractivity contribution in [1.29, 1.82) is 0 Å². The average molecular weight is 366 g/mol. The topological polar surface area (TPSA) is 74.8 Å². The zero-order valence-corrected chi connectivity index (χ0v) is 15.8. The van der Waals surface area contributed by atoms with Crippen LogP contribution >= 0.6 is 0 Å². The van der Waals surface area contributed by atoms with E-state index in [1.54, 1.807) is 18.2 Å². The molecule has 0 aromatic heterocycles. The molecule has 2 atom stereocenters. The molecule has 0 saturated heterocycles. The molecule has 5 heteroatoms. The number of hydrogen-bond acceptors (Lipinski definition) is 2. The quantitative estimate of drug-likeness (QED) is 0.735. The van der Waals surface area contributed by atoms with Gasteiger partial charge in [-0.1, -0.05) is 43.7 Å². The monoisotopic (exact) mass is 366 g/mol. The van der Waals surface area contributed by atoms with Crippen LogP contribution in [0, 0.1) is 5.92 Å². The second-order valence-corrected chi connectivity index (χ2v) is 7.28. The van der Waals surface area contributed by atoms with E-state index in [1.165, 1.54) is 25.7 Å². The number of anilines is 2. The van der Waals surface area contributed by atoms with Gasteiger partial charge in [-0.25, -0.2) is 0 Å². The second-order valence-electron chi connectivity index (χ2n) is 7.28. The van der Waals surface area contributed by atoms with Crippen molar-refractivity contribution in [2.45, 2.75) is 38.6 Å². The summed E-state index contributed by atoms with van der Waals surface area (Å²) in [5, 5.41) is 7.91. The van der Waals surface area contributed by atoms with Crippen LogP contribution in [0.3, 0.4) is 0 Å². The van der Waals surface area contributed by atoms with Gasteiger partial charge in [0, 0.05) is 11.6 Å². The molecule has 1 aliphatic rings. The highest BCUT2D eigenvalue weighted by Crippen LogP contribution is 2.21. The number of amides is 2. The third kappa shape index (κ3) is 5.41. The maximum Gasteiger partial charge on any atom is 0.279 e. The summed E-state index contributed by atoms with van der Waals surface area (Å²) in [5.74, 6) is 0.338. The SMILES string of the molecule is C[C@H]1CCCC[C@H]1[NH2+]CC(=O)Nc1ccccc1C(=O)Nc1ccccc1. The predicted molar refractivity (Wildman–Crippen MR) is 108 cm³/mol. The summed E-state index contributed by atoms with van der Waals surface area (Å²) in [6.07, 6.45) is 4.95. The lowest BCUT2D eigenvalue weighted by atomic mass is 9.86. The first-order valence-electron chi connectivity index (χ1n) is 9.72. The highest BCUT2D eigenvalue weighted by atomic mass is 16.2. The Morgan fingerprint density at radius 3 is 2.44 bits per heavy atom. The number of carbonyl (C=O) groups is 2. The molecule has 142 valence electrons. The molecule has 2 aromatic rings. The van der Waals surface area contributed by atoms with E-state index in [0.29, 0.717) is 29.8 Å². The fraction of sp³-hybridized carbons (Fsp3) is 0.364. The molecule has 2 amide bonds. The van der Waals surface area contributed by atoms with E-state index >= 15 is 0 Å². The van der Waals surface area contributed by atoms with Crippen LogP contribution in [0.4, 0.5) is 11.4 Å². The minimum atomic E-state index is -0.234. The van der Waals surface area contributed by atoms with E-state index < -0.39 is 0 Å². The van der Waals surface area contributed by atoms with Crippen LogP contribution in [-0.4, -0.2) is 24.4 Å². The number of nitrogens with one attached hydrogen (secondary N) is 2. The number of hydrogen-bond donors (Lipinski definition) is 3. The Morgan fingerprint density at radius 2 is 1.67 bits per heavy atom. The summed E-state index contributed by atoms with van der Waals surface area (Å²) in [4.78, 5) is 25.0. The molecule has 4 N–H and O–H groups in total. The summed E-state index contributed by atoms with van der Waals surface area (Å²) in [5.41, 5.74) is 1.73. The summed E-state index contributed by atoms with van der Waals surface area (Å²) >= 11 is 0. The van der Waals surface area contributed by atoms with Gasteiger partial charge in [-0.3, -0.25) is 9.59 Å². The molecule has 1 saturated carbocycles. The van der Waals surface area contributed by atoms with Gasteiger partial charge in [0.05, 0.1) is 17.3 Å². The van der Waals surface area contributed by atoms with Crippen LogP contribution in [0.15, 0.2) is 54.6 Å². The van der Waals surface area contributed by atoms with Gasteiger partial charge in [-0.05, 0) is 43.5 Å². The molecule has 3 rings (SSSR count). The second kappa shape index (κ2) is 9.33. The Hall–Kier alpha value is -2.66. The van der Waals surface area contributed by atoms with Crippen LogP contribution in [0.5, 0.6) is 0 Å². The number of carbonyl (C=O) groups excluding carboxylic acids is 2. The Balaban J connectivity index is 1.59. The van der Waals surface area contributed by atoms with Crippen molar-refractivity contribution in [3.63, 3.8) is 0 Å². The van der Waals surface area contributed by atoms with Gasteiger partial charge in [-0.15, -0.1) is 0 Å². The highest BCUT2D eigenvalue weighted by molar-refractivity contribution is 6.10. The molecule has 1 aliphatic carbocycles. The Morgan fingerprint density at radius 1 is 0.963 bits per heavy atom. The maximum absolute atomic E-state index is 12.6. The third-order valence-electron chi connectivity index (χ3n) is 5.26. The zero-order chi connectivity index (χ0) is 19.1. The van der Waals surface area contributed by atoms with Crippen molar-refractivity contribution in [1.82, 2.24) is 0 Å². The number of rotatable bonds is 6. The van der Waals surface area contributed by atoms with Crippen molar-refractivity contribution in [3.8, 4) is 0 Å². The first-order chi connectivity index (χ1) is 13.1. The Bertz CT molecular complexity index is 776. The molecule has 0 radical (unpaired) electrons. The zero-order valence-electron chi connectivity index (χ0n) is 15.8. The van der Waals surface area contributed by atoms with Gasteiger partial charge in [0.2, 0.25) is 0 Å². The van der Waals surface area contributed by atoms with E-state index in [2.05, 4.69) is 22.9 Å². The largest absolute Gasteiger partial charge is 0.336 e. The fourth-order valence-corrected chi connectivity index (χ4v) is 3.66. The average Bonchev–Trinajstić information content (AvgIpc) is 2.68. The summed E-state index contributed by atoms with van der Waals surface area (Å²) in [6.45, 7) is 2.64. The van der Waals surface area contributed by atoms with Crippen molar-refractivity contribution in [2.24, 2.45) is 5.92 Å². The van der Waals surface area contributed by atoms with Crippen molar-refractivity contribution in [2.75, 3.05) is 17.2 Å². The van der Waals surface area contributed by atoms with E-state index in [1.807, 2.05) is 36.4 Å². The third-order valence-corrected chi connectivity index (χ3v) is 5.26. The molecule has 27 heavy (non-hydrogen) atoms. The number of benzene rings is 2. The number of nitrogens with two attached hydrogens (primary N) is 1. The molecule has 0 bridgehead atoms. The first-order valence-corrected chi connectivity index (χ1v) is 9.72. The minimum Gasteiger partial charge on any atom is -0.336 e. The van der Waals surface area contributed by atoms with Gasteiger partial charge in [0.25, 0.3) is 11.8 Å². The number of quaternary nitrogens is 1. The van der Waals surface area contributed by atoms with Crippen LogP contribution in [0.25, 0.3) is 0 Å². The molecule has 0 spiro atoms. The highest BCUT2D eigenvalue weighted by Gasteiger charge is 2.25. The normalized spacial score (nSPS) is 19.3. The van der Waals surface area contributed by atoms with E-state index in [4.69, 9.17) is 0 Å². The van der Waals surface area contributed by atoms with Gasteiger partial charge < -0.3 is 16.0 Å². The summed E-state index contributed by atoms with van der Waals surface area (Å²) < 4.78 is 0. The van der Waals surface area contributed by atoms with E-state index in [9.17, 15) is 9.59 Å². The van der Waals surface area contributed by atoms with Crippen LogP contribution in [0.1, 0.15) is 43.0 Å². The van der Waals surface area contributed by atoms with Gasteiger partial charge in [0.1, 0.15) is 0 Å². The summed E-state index contributed by atoms with van der Waals surface area (Å²) in [7, 11) is 0. The molecule has 5 nitrogen and oxygen atoms in total. The minimum absolute atomic E-state index is 0.0762. The smallest absolute Gasteiger partial charge is 0.279 e. The van der Waals surface area contributed by atoms with Crippen LogP contribution < -0.4 is 16.0 Å².